The molecule has 0 fully saturated rings. The summed E-state index contributed by atoms with van der Waals surface area (Å²) < 4.78 is 0. The van der Waals surface area contributed by atoms with E-state index in [-0.39, 0.29) is 0 Å². The molecular weight excluding hydrogens is 272 g/mol. The zero-order chi connectivity index (χ0) is 15.4. The van der Waals surface area contributed by atoms with Crippen LogP contribution in [0.15, 0.2) is 48.8 Å². The molecule has 3 aromatic rings. The molecule has 22 heavy (non-hydrogen) atoms. The Bertz CT molecular complexity index is 687. The maximum Gasteiger partial charge on any atom is 0.121 e. The summed E-state index contributed by atoms with van der Waals surface area (Å²) in [7, 11) is 0. The van der Waals surface area contributed by atoms with Gasteiger partial charge in [-0.05, 0) is 37.1 Å². The summed E-state index contributed by atoms with van der Waals surface area (Å²) in [4.78, 5) is 14.8. The molecule has 3 rings (SSSR count). The molecule has 0 spiro atoms. The highest BCUT2D eigenvalue weighted by Crippen LogP contribution is 2.16. The van der Waals surface area contributed by atoms with E-state index in [4.69, 9.17) is 4.98 Å². The number of aromatic nitrogens is 3. The molecule has 1 N–H and O–H groups in total. The molecule has 0 unspecified atom stereocenters. The smallest absolute Gasteiger partial charge is 0.121 e. The van der Waals surface area contributed by atoms with E-state index in [9.17, 15) is 0 Å². The molecule has 1 atom stereocenters. The third-order valence-corrected chi connectivity index (χ3v) is 4.11. The van der Waals surface area contributed by atoms with Crippen LogP contribution in [0.3, 0.4) is 0 Å². The fourth-order valence-electron chi connectivity index (χ4n) is 2.62. The average Bonchev–Trinajstić information content (AvgIpc) is 2.97. The SMILES string of the molecule is CC[C@@H](C)N(Cc1cccnc1)Cc1nc2ccccc2[nH]1. The first-order chi connectivity index (χ1) is 10.8. The van der Waals surface area contributed by atoms with Crippen LogP contribution in [0.4, 0.5) is 0 Å². The first-order valence-electron chi connectivity index (χ1n) is 7.83. The molecule has 1 aromatic carbocycles. The number of pyridine rings is 1. The Labute approximate surface area is 131 Å². The van der Waals surface area contributed by atoms with Gasteiger partial charge in [0.25, 0.3) is 0 Å². The van der Waals surface area contributed by atoms with Crippen LogP contribution in [-0.4, -0.2) is 25.9 Å². The minimum atomic E-state index is 0.494. The van der Waals surface area contributed by atoms with Gasteiger partial charge in [0.2, 0.25) is 0 Å². The first kappa shape index (κ1) is 14.7. The Kier molecular flexibility index (Phi) is 4.49. The zero-order valence-corrected chi connectivity index (χ0v) is 13.2. The predicted octanol–water partition coefficient (Wildman–Crippen LogP) is 3.76. The number of rotatable bonds is 6. The monoisotopic (exact) mass is 294 g/mol. The van der Waals surface area contributed by atoms with Gasteiger partial charge in [0.1, 0.15) is 5.82 Å². The van der Waals surface area contributed by atoms with Crippen LogP contribution in [0.1, 0.15) is 31.7 Å². The number of imidazole rings is 1. The third-order valence-electron chi connectivity index (χ3n) is 4.11. The number of nitrogens with one attached hydrogen (secondary N) is 1. The highest BCUT2D eigenvalue weighted by Gasteiger charge is 2.15. The molecule has 0 aliphatic heterocycles. The van der Waals surface area contributed by atoms with E-state index in [1.54, 1.807) is 0 Å². The molecule has 0 radical (unpaired) electrons. The number of nitrogens with zero attached hydrogens (tertiary/aromatic N) is 3. The van der Waals surface area contributed by atoms with Crippen LogP contribution in [-0.2, 0) is 13.1 Å². The van der Waals surface area contributed by atoms with Crippen LogP contribution in [0, 0.1) is 0 Å². The Hall–Kier alpha value is -2.20. The summed E-state index contributed by atoms with van der Waals surface area (Å²) in [6.45, 7) is 6.19. The standard InChI is InChI=1S/C18H22N4/c1-3-14(2)22(12-15-7-6-10-19-11-15)13-18-20-16-8-4-5-9-17(16)21-18/h4-11,14H,3,12-13H2,1-2H3,(H,20,21)/t14-/m1/s1. The van der Waals surface area contributed by atoms with Crippen LogP contribution in [0.5, 0.6) is 0 Å². The van der Waals surface area contributed by atoms with Gasteiger partial charge in [0.15, 0.2) is 0 Å². The summed E-state index contributed by atoms with van der Waals surface area (Å²) in [5.74, 6) is 1.02. The van der Waals surface area contributed by atoms with E-state index in [1.165, 1.54) is 5.56 Å². The Morgan fingerprint density at radius 2 is 2.00 bits per heavy atom. The fraction of sp³-hybridized carbons (Fsp3) is 0.333. The second kappa shape index (κ2) is 6.71. The molecule has 2 heterocycles. The number of hydrogen-bond donors (Lipinski definition) is 1. The molecule has 2 aromatic heterocycles. The highest BCUT2D eigenvalue weighted by atomic mass is 15.2. The van der Waals surface area contributed by atoms with Gasteiger partial charge in [-0.1, -0.05) is 25.1 Å². The minimum Gasteiger partial charge on any atom is -0.341 e. The van der Waals surface area contributed by atoms with Gasteiger partial charge in [0.05, 0.1) is 17.6 Å². The number of fused-ring (bicyclic) bond motifs is 1. The van der Waals surface area contributed by atoms with Crippen molar-refractivity contribution in [2.24, 2.45) is 0 Å². The lowest BCUT2D eigenvalue weighted by Gasteiger charge is -2.27. The maximum absolute atomic E-state index is 4.70. The van der Waals surface area contributed by atoms with Crippen LogP contribution < -0.4 is 0 Å². The van der Waals surface area contributed by atoms with Crippen LogP contribution in [0.25, 0.3) is 11.0 Å². The molecule has 114 valence electrons. The summed E-state index contributed by atoms with van der Waals surface area (Å²) in [5.41, 5.74) is 3.37. The van der Waals surface area contributed by atoms with E-state index in [1.807, 2.05) is 36.7 Å². The first-order valence-corrected chi connectivity index (χ1v) is 7.83. The highest BCUT2D eigenvalue weighted by molar-refractivity contribution is 5.74. The third kappa shape index (κ3) is 3.34. The number of hydrogen-bond acceptors (Lipinski definition) is 3. The summed E-state index contributed by atoms with van der Waals surface area (Å²) in [5, 5.41) is 0. The van der Waals surface area contributed by atoms with Crippen LogP contribution >= 0.6 is 0 Å². The molecular formula is C18H22N4. The van der Waals surface area contributed by atoms with Gasteiger partial charge in [-0.3, -0.25) is 9.88 Å². The summed E-state index contributed by atoms with van der Waals surface area (Å²) in [6, 6.07) is 12.8. The topological polar surface area (TPSA) is 44.8 Å². The van der Waals surface area contributed by atoms with Gasteiger partial charge in [-0.2, -0.15) is 0 Å². The molecule has 0 amide bonds. The quantitative estimate of drug-likeness (QED) is 0.753. The van der Waals surface area contributed by atoms with Gasteiger partial charge in [0, 0.05) is 25.0 Å². The average molecular weight is 294 g/mol. The lowest BCUT2D eigenvalue weighted by Crippen LogP contribution is -2.32. The zero-order valence-electron chi connectivity index (χ0n) is 13.2. The second-order valence-electron chi connectivity index (χ2n) is 5.72. The van der Waals surface area contributed by atoms with Gasteiger partial charge in [-0.15, -0.1) is 0 Å². The fourth-order valence-corrected chi connectivity index (χ4v) is 2.62. The van der Waals surface area contributed by atoms with Crippen LogP contribution in [0.2, 0.25) is 0 Å². The Balaban J connectivity index is 1.80. The Morgan fingerprint density at radius 3 is 2.73 bits per heavy atom. The Morgan fingerprint density at radius 1 is 1.14 bits per heavy atom. The number of para-hydroxylation sites is 2. The molecule has 0 aliphatic rings. The van der Waals surface area contributed by atoms with Crippen molar-refractivity contribution in [2.75, 3.05) is 0 Å². The minimum absolute atomic E-state index is 0.494. The van der Waals surface area contributed by atoms with E-state index >= 15 is 0 Å². The number of H-pyrrole nitrogens is 1. The van der Waals surface area contributed by atoms with Crippen molar-refractivity contribution >= 4 is 11.0 Å². The normalized spacial score (nSPS) is 12.9. The number of benzene rings is 1. The van der Waals surface area contributed by atoms with Gasteiger partial charge < -0.3 is 4.98 Å². The molecule has 0 aliphatic carbocycles. The van der Waals surface area contributed by atoms with Crippen molar-refractivity contribution in [1.82, 2.24) is 19.9 Å². The molecule has 4 nitrogen and oxygen atoms in total. The second-order valence-corrected chi connectivity index (χ2v) is 5.72. The van der Waals surface area contributed by atoms with Crippen molar-refractivity contribution in [3.8, 4) is 0 Å². The maximum atomic E-state index is 4.70. The van der Waals surface area contributed by atoms with E-state index in [2.05, 4.69) is 40.8 Å². The van der Waals surface area contributed by atoms with Crippen molar-refractivity contribution < 1.29 is 0 Å². The lowest BCUT2D eigenvalue weighted by atomic mass is 10.2. The largest absolute Gasteiger partial charge is 0.341 e. The molecule has 0 saturated heterocycles. The van der Waals surface area contributed by atoms with E-state index in [0.717, 1.165) is 36.4 Å². The van der Waals surface area contributed by atoms with E-state index in [0.29, 0.717) is 6.04 Å². The molecule has 0 bridgehead atoms. The number of aromatic amines is 1. The summed E-state index contributed by atoms with van der Waals surface area (Å²) >= 11 is 0. The van der Waals surface area contributed by atoms with Crippen molar-refractivity contribution in [1.29, 1.82) is 0 Å². The molecule has 0 saturated carbocycles. The van der Waals surface area contributed by atoms with Gasteiger partial charge in [-0.25, -0.2) is 4.98 Å². The lowest BCUT2D eigenvalue weighted by molar-refractivity contribution is 0.182. The van der Waals surface area contributed by atoms with Crippen molar-refractivity contribution in [3.63, 3.8) is 0 Å². The summed E-state index contributed by atoms with van der Waals surface area (Å²) in [6.07, 6.45) is 4.87. The van der Waals surface area contributed by atoms with Gasteiger partial charge >= 0.3 is 0 Å². The van der Waals surface area contributed by atoms with Crippen molar-refractivity contribution in [3.05, 3.63) is 60.2 Å². The van der Waals surface area contributed by atoms with Crippen molar-refractivity contribution in [2.45, 2.75) is 39.4 Å². The van der Waals surface area contributed by atoms with E-state index < -0.39 is 0 Å². The predicted molar refractivity (Wildman–Crippen MR) is 89.3 cm³/mol. The molecule has 4 heteroatoms.